The quantitative estimate of drug-likeness (QED) is 0.754. The number of fused-ring (bicyclic) bond motifs is 1. The first-order valence-corrected chi connectivity index (χ1v) is 9.51. The van der Waals surface area contributed by atoms with Gasteiger partial charge >= 0.3 is 0 Å². The molecule has 3 heterocycles. The Bertz CT molecular complexity index is 833. The predicted octanol–water partition coefficient (Wildman–Crippen LogP) is 3.46. The first-order valence-electron chi connectivity index (χ1n) is 8.63. The van der Waals surface area contributed by atoms with E-state index in [1.165, 1.54) is 5.56 Å². The maximum Gasteiger partial charge on any atom is 0.161 e. The van der Waals surface area contributed by atoms with Gasteiger partial charge < -0.3 is 10.6 Å². The summed E-state index contributed by atoms with van der Waals surface area (Å²) in [4.78, 5) is 14.2. The molecule has 128 valence electrons. The zero-order valence-corrected chi connectivity index (χ0v) is 15.0. The molecule has 0 bridgehead atoms. The van der Waals surface area contributed by atoms with Crippen molar-refractivity contribution >= 4 is 17.2 Å². The number of nitrogens with one attached hydrogen (secondary N) is 2. The Hall–Kier alpha value is -2.31. The van der Waals surface area contributed by atoms with E-state index in [0.29, 0.717) is 0 Å². The maximum absolute atomic E-state index is 4.87. The number of benzene rings is 1. The van der Waals surface area contributed by atoms with Crippen molar-refractivity contribution in [2.75, 3.05) is 18.4 Å². The van der Waals surface area contributed by atoms with Gasteiger partial charge in [0.25, 0.3) is 0 Å². The third-order valence-corrected chi connectivity index (χ3v) is 5.35. The number of anilines is 1. The number of thiazole rings is 1. The number of hydrogen-bond donors (Lipinski definition) is 2. The van der Waals surface area contributed by atoms with Crippen molar-refractivity contribution < 1.29 is 0 Å². The highest BCUT2D eigenvalue weighted by molar-refractivity contribution is 7.09. The monoisotopic (exact) mass is 351 g/mol. The fraction of sp³-hybridized carbons (Fsp3) is 0.316. The molecule has 1 aromatic carbocycles. The summed E-state index contributed by atoms with van der Waals surface area (Å²) in [6.07, 6.45) is 3.72. The number of nitrogens with zero attached hydrogens (tertiary/aromatic N) is 3. The molecule has 1 unspecified atom stereocenters. The molecule has 3 aromatic rings. The van der Waals surface area contributed by atoms with Gasteiger partial charge in [-0.15, -0.1) is 11.3 Å². The molecule has 5 nitrogen and oxygen atoms in total. The van der Waals surface area contributed by atoms with E-state index in [-0.39, 0.29) is 6.04 Å². The van der Waals surface area contributed by atoms with Crippen molar-refractivity contribution in [2.24, 2.45) is 0 Å². The van der Waals surface area contributed by atoms with E-state index in [1.807, 2.05) is 29.8 Å². The number of hydrogen-bond acceptors (Lipinski definition) is 6. The smallest absolute Gasteiger partial charge is 0.161 e. The average molecular weight is 351 g/mol. The summed E-state index contributed by atoms with van der Waals surface area (Å²) in [6, 6.07) is 10.3. The number of rotatable bonds is 4. The van der Waals surface area contributed by atoms with Gasteiger partial charge in [0.15, 0.2) is 5.82 Å². The summed E-state index contributed by atoms with van der Waals surface area (Å²) < 4.78 is 0. The minimum Gasteiger partial charge on any atom is -0.361 e. The largest absolute Gasteiger partial charge is 0.361 e. The van der Waals surface area contributed by atoms with Crippen LogP contribution in [0.2, 0.25) is 0 Å². The molecule has 0 aliphatic carbocycles. The van der Waals surface area contributed by atoms with Crippen LogP contribution in [0.4, 0.5) is 5.82 Å². The topological polar surface area (TPSA) is 62.7 Å². The molecule has 2 N–H and O–H groups in total. The Morgan fingerprint density at radius 2 is 1.96 bits per heavy atom. The Kier molecular flexibility index (Phi) is 4.72. The van der Waals surface area contributed by atoms with Crippen molar-refractivity contribution in [3.63, 3.8) is 0 Å². The highest BCUT2D eigenvalue weighted by Gasteiger charge is 2.19. The van der Waals surface area contributed by atoms with Gasteiger partial charge in [0.2, 0.25) is 0 Å². The van der Waals surface area contributed by atoms with Crippen LogP contribution < -0.4 is 10.6 Å². The molecule has 1 aliphatic heterocycles. The van der Waals surface area contributed by atoms with E-state index in [4.69, 9.17) is 9.97 Å². The average Bonchev–Trinajstić information content (AvgIpc) is 3.08. The van der Waals surface area contributed by atoms with Crippen LogP contribution in [-0.2, 0) is 12.8 Å². The normalized spacial score (nSPS) is 15.2. The van der Waals surface area contributed by atoms with Crippen molar-refractivity contribution in [2.45, 2.75) is 25.8 Å². The summed E-state index contributed by atoms with van der Waals surface area (Å²) in [5, 5.41) is 10.1. The Morgan fingerprint density at radius 3 is 2.76 bits per heavy atom. The van der Waals surface area contributed by atoms with E-state index in [9.17, 15) is 0 Å². The molecule has 4 rings (SSSR count). The SMILES string of the molecule is CC(Nc1nc(-c2ccccc2)nc2c1CCNCC2)c1nccs1. The molecule has 1 atom stereocenters. The van der Waals surface area contributed by atoms with Crippen molar-refractivity contribution in [3.8, 4) is 11.4 Å². The molecule has 0 spiro atoms. The van der Waals surface area contributed by atoms with Gasteiger partial charge in [-0.2, -0.15) is 0 Å². The van der Waals surface area contributed by atoms with Crippen LogP contribution in [0.25, 0.3) is 11.4 Å². The van der Waals surface area contributed by atoms with E-state index in [0.717, 1.165) is 53.8 Å². The van der Waals surface area contributed by atoms with E-state index < -0.39 is 0 Å². The van der Waals surface area contributed by atoms with Crippen molar-refractivity contribution in [1.29, 1.82) is 0 Å². The summed E-state index contributed by atoms with van der Waals surface area (Å²) in [6.45, 7) is 4.05. The Labute approximate surface area is 151 Å². The van der Waals surface area contributed by atoms with Gasteiger partial charge in [0.1, 0.15) is 10.8 Å². The van der Waals surface area contributed by atoms with Crippen LogP contribution in [0.5, 0.6) is 0 Å². The first-order chi connectivity index (χ1) is 12.3. The van der Waals surface area contributed by atoms with Gasteiger partial charge in [-0.25, -0.2) is 15.0 Å². The summed E-state index contributed by atoms with van der Waals surface area (Å²) >= 11 is 1.66. The van der Waals surface area contributed by atoms with Crippen molar-refractivity contribution in [1.82, 2.24) is 20.3 Å². The highest BCUT2D eigenvalue weighted by atomic mass is 32.1. The van der Waals surface area contributed by atoms with Gasteiger partial charge in [-0.05, 0) is 19.9 Å². The zero-order chi connectivity index (χ0) is 17.1. The van der Waals surface area contributed by atoms with Crippen LogP contribution in [-0.4, -0.2) is 28.0 Å². The molecule has 0 saturated carbocycles. The van der Waals surface area contributed by atoms with Crippen LogP contribution in [0.3, 0.4) is 0 Å². The van der Waals surface area contributed by atoms with Gasteiger partial charge in [0.05, 0.1) is 11.7 Å². The molecular formula is C19H21N5S. The van der Waals surface area contributed by atoms with E-state index in [1.54, 1.807) is 11.3 Å². The molecule has 0 fully saturated rings. The second-order valence-electron chi connectivity index (χ2n) is 6.17. The molecular weight excluding hydrogens is 330 g/mol. The van der Waals surface area contributed by atoms with Gasteiger partial charge in [0, 0.05) is 35.7 Å². The number of aromatic nitrogens is 3. The Morgan fingerprint density at radius 1 is 1.12 bits per heavy atom. The lowest BCUT2D eigenvalue weighted by Gasteiger charge is -2.18. The third kappa shape index (κ3) is 3.55. The standard InChI is InChI=1S/C19H21N5S/c1-13(19-21-11-12-25-19)22-18-15-7-9-20-10-8-16(15)23-17(24-18)14-5-3-2-4-6-14/h2-6,11-13,20H,7-10H2,1H3,(H,22,23,24). The fourth-order valence-electron chi connectivity index (χ4n) is 3.10. The van der Waals surface area contributed by atoms with Crippen LogP contribution in [0.1, 0.15) is 29.2 Å². The molecule has 1 aliphatic rings. The highest BCUT2D eigenvalue weighted by Crippen LogP contribution is 2.28. The first kappa shape index (κ1) is 16.2. The lowest BCUT2D eigenvalue weighted by atomic mass is 10.1. The van der Waals surface area contributed by atoms with E-state index >= 15 is 0 Å². The zero-order valence-electron chi connectivity index (χ0n) is 14.2. The van der Waals surface area contributed by atoms with Gasteiger partial charge in [-0.3, -0.25) is 0 Å². The van der Waals surface area contributed by atoms with Crippen LogP contribution in [0.15, 0.2) is 41.9 Å². The van der Waals surface area contributed by atoms with Crippen LogP contribution >= 0.6 is 11.3 Å². The molecule has 6 heteroatoms. The lowest BCUT2D eigenvalue weighted by molar-refractivity contribution is 0.708. The Balaban J connectivity index is 1.75. The summed E-state index contributed by atoms with van der Waals surface area (Å²) in [5.74, 6) is 1.73. The summed E-state index contributed by atoms with van der Waals surface area (Å²) in [7, 11) is 0. The molecule has 0 radical (unpaired) electrons. The van der Waals surface area contributed by atoms with Gasteiger partial charge in [-0.1, -0.05) is 30.3 Å². The fourth-order valence-corrected chi connectivity index (χ4v) is 3.74. The maximum atomic E-state index is 4.87. The van der Waals surface area contributed by atoms with Crippen molar-refractivity contribution in [3.05, 3.63) is 58.2 Å². The second-order valence-corrected chi connectivity index (χ2v) is 7.10. The molecule has 0 saturated heterocycles. The van der Waals surface area contributed by atoms with Crippen LogP contribution in [0, 0.1) is 0 Å². The lowest BCUT2D eigenvalue weighted by Crippen LogP contribution is -2.16. The minimum atomic E-state index is 0.124. The minimum absolute atomic E-state index is 0.124. The molecule has 2 aromatic heterocycles. The third-order valence-electron chi connectivity index (χ3n) is 4.39. The predicted molar refractivity (Wildman–Crippen MR) is 102 cm³/mol. The molecule has 25 heavy (non-hydrogen) atoms. The second kappa shape index (κ2) is 7.29. The summed E-state index contributed by atoms with van der Waals surface area (Å²) in [5.41, 5.74) is 3.42. The van der Waals surface area contributed by atoms with E-state index in [2.05, 4.69) is 34.7 Å². The molecule has 0 amide bonds.